The molecule has 2 N–H and O–H groups in total. The van der Waals surface area contributed by atoms with Crippen molar-refractivity contribution in [3.05, 3.63) is 29.3 Å². The average Bonchev–Trinajstić information content (AvgIpc) is 2.47. The summed E-state index contributed by atoms with van der Waals surface area (Å²) in [7, 11) is 3.59. The molecule has 0 unspecified atom stereocenters. The highest BCUT2D eigenvalue weighted by Crippen LogP contribution is 2.25. The number of hydrogen-bond acceptors (Lipinski definition) is 4. The Morgan fingerprint density at radius 2 is 2.35 bits per heavy atom. The number of hydrogen-bond donors (Lipinski definition) is 2. The lowest BCUT2D eigenvalue weighted by molar-refractivity contribution is -0.119. The standard InChI is InChI=1S/C15H23N3O2/c1-18(11-15(19)17-8-9-20-2)14-5-3-4-12-10-16-7-6-13(12)14/h3-5,16H,6-11H2,1-2H3,(H,17,19). The first-order chi connectivity index (χ1) is 9.72. The number of nitrogens with one attached hydrogen (secondary N) is 2. The summed E-state index contributed by atoms with van der Waals surface area (Å²) < 4.78 is 4.92. The van der Waals surface area contributed by atoms with Gasteiger partial charge in [0.15, 0.2) is 0 Å². The molecule has 1 aromatic rings. The Labute approximate surface area is 120 Å². The Bertz CT molecular complexity index is 462. The maximum atomic E-state index is 11.8. The van der Waals surface area contributed by atoms with Crippen LogP contribution in [0, 0.1) is 0 Å². The molecule has 1 aromatic carbocycles. The fourth-order valence-electron chi connectivity index (χ4n) is 2.52. The normalized spacial score (nSPS) is 13.7. The lowest BCUT2D eigenvalue weighted by atomic mass is 9.98. The number of likely N-dealkylation sites (N-methyl/N-ethyl adjacent to an activating group) is 1. The quantitative estimate of drug-likeness (QED) is 0.745. The minimum atomic E-state index is 0.0242. The molecule has 1 heterocycles. The van der Waals surface area contributed by atoms with Crippen LogP contribution < -0.4 is 15.5 Å². The van der Waals surface area contributed by atoms with Crippen LogP contribution in [0.4, 0.5) is 5.69 Å². The number of methoxy groups -OCH3 is 1. The minimum absolute atomic E-state index is 0.0242. The highest BCUT2D eigenvalue weighted by molar-refractivity contribution is 5.81. The SMILES string of the molecule is COCCNC(=O)CN(C)c1cccc2c1CCNC2. The number of nitrogens with zero attached hydrogens (tertiary/aromatic N) is 1. The molecule has 0 atom stereocenters. The first kappa shape index (κ1) is 14.8. The second kappa shape index (κ2) is 7.26. The summed E-state index contributed by atoms with van der Waals surface area (Å²) in [4.78, 5) is 13.9. The first-order valence-electron chi connectivity index (χ1n) is 7.00. The zero-order valence-electron chi connectivity index (χ0n) is 12.2. The van der Waals surface area contributed by atoms with E-state index in [1.807, 2.05) is 11.9 Å². The number of carbonyl (C=O) groups excluding carboxylic acids is 1. The van der Waals surface area contributed by atoms with Crippen LogP contribution in [0.5, 0.6) is 0 Å². The monoisotopic (exact) mass is 277 g/mol. The topological polar surface area (TPSA) is 53.6 Å². The third-order valence-corrected chi connectivity index (χ3v) is 3.54. The van der Waals surface area contributed by atoms with Gasteiger partial charge in [0.25, 0.3) is 0 Å². The third-order valence-electron chi connectivity index (χ3n) is 3.54. The predicted octanol–water partition coefficient (Wildman–Crippen LogP) is 0.531. The van der Waals surface area contributed by atoms with E-state index >= 15 is 0 Å². The van der Waals surface area contributed by atoms with Crippen molar-refractivity contribution in [3.8, 4) is 0 Å². The van der Waals surface area contributed by atoms with E-state index < -0.39 is 0 Å². The van der Waals surface area contributed by atoms with Crippen molar-refractivity contribution in [3.63, 3.8) is 0 Å². The fourth-order valence-corrected chi connectivity index (χ4v) is 2.52. The molecule has 1 aliphatic heterocycles. The van der Waals surface area contributed by atoms with Crippen molar-refractivity contribution in [1.29, 1.82) is 0 Å². The third kappa shape index (κ3) is 3.71. The van der Waals surface area contributed by atoms with Crippen LogP contribution in [0.3, 0.4) is 0 Å². The maximum absolute atomic E-state index is 11.8. The smallest absolute Gasteiger partial charge is 0.239 e. The van der Waals surface area contributed by atoms with Gasteiger partial charge in [0.05, 0.1) is 13.2 Å². The Morgan fingerprint density at radius 1 is 1.50 bits per heavy atom. The second-order valence-corrected chi connectivity index (χ2v) is 5.04. The van der Waals surface area contributed by atoms with Crippen LogP contribution in [0.15, 0.2) is 18.2 Å². The van der Waals surface area contributed by atoms with Gasteiger partial charge < -0.3 is 20.3 Å². The summed E-state index contributed by atoms with van der Waals surface area (Å²) in [6.45, 7) is 3.38. The van der Waals surface area contributed by atoms with Crippen LogP contribution in [0.1, 0.15) is 11.1 Å². The Hall–Kier alpha value is -1.59. The van der Waals surface area contributed by atoms with E-state index in [1.165, 1.54) is 11.1 Å². The van der Waals surface area contributed by atoms with E-state index in [0.717, 1.165) is 25.2 Å². The summed E-state index contributed by atoms with van der Waals surface area (Å²) >= 11 is 0. The summed E-state index contributed by atoms with van der Waals surface area (Å²) in [5.41, 5.74) is 3.85. The number of anilines is 1. The van der Waals surface area contributed by atoms with Crippen molar-refractivity contribution in [2.75, 3.05) is 45.3 Å². The van der Waals surface area contributed by atoms with Crippen LogP contribution >= 0.6 is 0 Å². The second-order valence-electron chi connectivity index (χ2n) is 5.04. The molecule has 0 fully saturated rings. The summed E-state index contributed by atoms with van der Waals surface area (Å²) in [5, 5.41) is 6.22. The summed E-state index contributed by atoms with van der Waals surface area (Å²) in [6.07, 6.45) is 1.02. The number of rotatable bonds is 6. The van der Waals surface area contributed by atoms with Crippen LogP contribution in [-0.2, 0) is 22.5 Å². The summed E-state index contributed by atoms with van der Waals surface area (Å²) in [6, 6.07) is 6.30. The van der Waals surface area contributed by atoms with Crippen molar-refractivity contribution < 1.29 is 9.53 Å². The molecule has 0 radical (unpaired) electrons. The van der Waals surface area contributed by atoms with E-state index in [4.69, 9.17) is 4.74 Å². The van der Waals surface area contributed by atoms with Gasteiger partial charge in [0.2, 0.25) is 5.91 Å². The van der Waals surface area contributed by atoms with Gasteiger partial charge in [-0.3, -0.25) is 4.79 Å². The number of benzene rings is 1. The average molecular weight is 277 g/mol. The van der Waals surface area contributed by atoms with Crippen LogP contribution in [0.2, 0.25) is 0 Å². The molecule has 0 aromatic heterocycles. The predicted molar refractivity (Wildman–Crippen MR) is 80.0 cm³/mol. The summed E-state index contributed by atoms with van der Waals surface area (Å²) in [5.74, 6) is 0.0242. The van der Waals surface area contributed by atoms with Gasteiger partial charge >= 0.3 is 0 Å². The largest absolute Gasteiger partial charge is 0.383 e. The first-order valence-corrected chi connectivity index (χ1v) is 7.00. The molecule has 20 heavy (non-hydrogen) atoms. The zero-order chi connectivity index (χ0) is 14.4. The molecular formula is C15H23N3O2. The van der Waals surface area contributed by atoms with Gasteiger partial charge in [0.1, 0.15) is 0 Å². The molecule has 5 nitrogen and oxygen atoms in total. The van der Waals surface area contributed by atoms with Crippen LogP contribution in [-0.4, -0.2) is 46.3 Å². The molecule has 2 rings (SSSR count). The Morgan fingerprint density at radius 3 is 3.15 bits per heavy atom. The van der Waals surface area contributed by atoms with E-state index in [0.29, 0.717) is 19.7 Å². The highest BCUT2D eigenvalue weighted by Gasteiger charge is 2.16. The number of carbonyl (C=O) groups is 1. The van der Waals surface area contributed by atoms with Crippen molar-refractivity contribution in [2.24, 2.45) is 0 Å². The van der Waals surface area contributed by atoms with Gasteiger partial charge in [0, 0.05) is 32.9 Å². The minimum Gasteiger partial charge on any atom is -0.383 e. The number of ether oxygens (including phenoxy) is 1. The van der Waals surface area contributed by atoms with E-state index in [1.54, 1.807) is 7.11 Å². The Kier molecular flexibility index (Phi) is 5.38. The lowest BCUT2D eigenvalue weighted by Crippen LogP contribution is -2.37. The van der Waals surface area contributed by atoms with Crippen molar-refractivity contribution >= 4 is 11.6 Å². The van der Waals surface area contributed by atoms with E-state index in [-0.39, 0.29) is 5.91 Å². The zero-order valence-corrected chi connectivity index (χ0v) is 12.2. The van der Waals surface area contributed by atoms with Crippen molar-refractivity contribution in [2.45, 2.75) is 13.0 Å². The molecular weight excluding hydrogens is 254 g/mol. The van der Waals surface area contributed by atoms with Gasteiger partial charge in [-0.2, -0.15) is 0 Å². The lowest BCUT2D eigenvalue weighted by Gasteiger charge is -2.26. The highest BCUT2D eigenvalue weighted by atomic mass is 16.5. The van der Waals surface area contributed by atoms with Gasteiger partial charge in [-0.15, -0.1) is 0 Å². The molecule has 0 saturated carbocycles. The molecule has 5 heteroatoms. The van der Waals surface area contributed by atoms with Gasteiger partial charge in [-0.05, 0) is 30.2 Å². The van der Waals surface area contributed by atoms with E-state index in [2.05, 4.69) is 28.8 Å². The van der Waals surface area contributed by atoms with Gasteiger partial charge in [-0.25, -0.2) is 0 Å². The molecule has 0 bridgehead atoms. The van der Waals surface area contributed by atoms with E-state index in [9.17, 15) is 4.79 Å². The molecule has 0 spiro atoms. The Balaban J connectivity index is 1.98. The molecule has 1 aliphatic rings. The molecule has 1 amide bonds. The number of fused-ring (bicyclic) bond motifs is 1. The fraction of sp³-hybridized carbons (Fsp3) is 0.533. The molecule has 110 valence electrons. The molecule has 0 saturated heterocycles. The maximum Gasteiger partial charge on any atom is 0.239 e. The molecule has 0 aliphatic carbocycles. The van der Waals surface area contributed by atoms with Crippen molar-refractivity contribution in [1.82, 2.24) is 10.6 Å². The number of amides is 1. The van der Waals surface area contributed by atoms with Crippen LogP contribution in [0.25, 0.3) is 0 Å². The van der Waals surface area contributed by atoms with Gasteiger partial charge in [-0.1, -0.05) is 12.1 Å².